The minimum Gasteiger partial charge on any atom is -0.342 e. The van der Waals surface area contributed by atoms with Crippen molar-refractivity contribution in [1.82, 2.24) is 15.2 Å². The molecule has 2 aliphatic rings. The van der Waals surface area contributed by atoms with Gasteiger partial charge < -0.3 is 10.2 Å². The van der Waals surface area contributed by atoms with Gasteiger partial charge in [-0.1, -0.05) is 0 Å². The van der Waals surface area contributed by atoms with Crippen molar-refractivity contribution >= 4 is 34.9 Å². The van der Waals surface area contributed by atoms with Crippen molar-refractivity contribution in [3.63, 3.8) is 0 Å². The number of carbonyl (C=O) groups excluding carboxylic acids is 2. The molecule has 7 heteroatoms. The number of thioether (sulfide) groups is 1. The second kappa shape index (κ2) is 6.43. The van der Waals surface area contributed by atoms with Crippen molar-refractivity contribution in [3.8, 4) is 0 Å². The smallest absolute Gasteiger partial charge is 0.246 e. The molecular weight excluding hydrogens is 330 g/mol. The molecule has 0 radical (unpaired) electrons. The van der Waals surface area contributed by atoms with E-state index in [2.05, 4.69) is 10.3 Å². The lowest BCUT2D eigenvalue weighted by Crippen LogP contribution is -2.57. The molecule has 0 unspecified atom stereocenters. The monoisotopic (exact) mass is 353 g/mol. The second-order valence-corrected chi connectivity index (χ2v) is 9.54. The van der Waals surface area contributed by atoms with Gasteiger partial charge >= 0.3 is 0 Å². The van der Waals surface area contributed by atoms with Crippen LogP contribution in [0.4, 0.5) is 0 Å². The van der Waals surface area contributed by atoms with Gasteiger partial charge in [-0.3, -0.25) is 9.59 Å². The van der Waals surface area contributed by atoms with E-state index in [0.717, 1.165) is 17.8 Å². The predicted octanol–water partition coefficient (Wildman–Crippen LogP) is 1.99. The number of fused-ring (bicyclic) bond motifs is 1. The molecule has 1 aliphatic carbocycles. The van der Waals surface area contributed by atoms with Gasteiger partial charge in [-0.05, 0) is 39.5 Å². The van der Waals surface area contributed by atoms with Crippen LogP contribution < -0.4 is 5.32 Å². The lowest BCUT2D eigenvalue weighted by Gasteiger charge is -2.34. The molecule has 0 spiro atoms. The highest BCUT2D eigenvalue weighted by atomic mass is 32.2. The fourth-order valence-electron chi connectivity index (χ4n) is 2.88. The van der Waals surface area contributed by atoms with Gasteiger partial charge in [0.15, 0.2) is 0 Å². The largest absolute Gasteiger partial charge is 0.342 e. The third-order valence-corrected chi connectivity index (χ3v) is 6.95. The summed E-state index contributed by atoms with van der Waals surface area (Å²) in [4.78, 5) is 32.4. The number of aromatic nitrogens is 1. The SMILES string of the molecule is CN(Cc1nc2c(s1)CCCC2)C(=O)[C@@H]1CSC(C)(C)C(=O)N1. The summed E-state index contributed by atoms with van der Waals surface area (Å²) in [5.41, 5.74) is 1.22. The van der Waals surface area contributed by atoms with Crippen molar-refractivity contribution in [2.24, 2.45) is 0 Å². The van der Waals surface area contributed by atoms with Crippen LogP contribution in [0.5, 0.6) is 0 Å². The first-order valence-corrected chi connectivity index (χ1v) is 9.84. The van der Waals surface area contributed by atoms with Gasteiger partial charge in [0.1, 0.15) is 11.0 Å². The van der Waals surface area contributed by atoms with E-state index < -0.39 is 10.8 Å². The first-order chi connectivity index (χ1) is 10.9. The Bertz CT molecular complexity index is 603. The Hall–Kier alpha value is -1.08. The average molecular weight is 354 g/mol. The summed E-state index contributed by atoms with van der Waals surface area (Å²) in [6, 6.07) is -0.430. The summed E-state index contributed by atoms with van der Waals surface area (Å²) >= 11 is 3.27. The molecule has 23 heavy (non-hydrogen) atoms. The number of thiazole rings is 1. The van der Waals surface area contributed by atoms with Crippen molar-refractivity contribution in [1.29, 1.82) is 0 Å². The molecule has 2 heterocycles. The zero-order chi connectivity index (χ0) is 16.6. The summed E-state index contributed by atoms with van der Waals surface area (Å²) in [6.07, 6.45) is 4.64. The first kappa shape index (κ1) is 16.8. The zero-order valence-corrected chi connectivity index (χ0v) is 15.5. The highest BCUT2D eigenvalue weighted by Crippen LogP contribution is 2.30. The minimum absolute atomic E-state index is 0.0329. The van der Waals surface area contributed by atoms with Crippen LogP contribution in [0, 0.1) is 0 Å². The summed E-state index contributed by atoms with van der Waals surface area (Å²) in [5, 5.41) is 3.86. The Kier molecular flexibility index (Phi) is 4.69. The third kappa shape index (κ3) is 3.55. The predicted molar refractivity (Wildman–Crippen MR) is 93.7 cm³/mol. The third-order valence-electron chi connectivity index (χ3n) is 4.40. The molecule has 0 saturated carbocycles. The van der Waals surface area contributed by atoms with Gasteiger partial charge in [-0.25, -0.2) is 4.98 Å². The van der Waals surface area contributed by atoms with Crippen LogP contribution >= 0.6 is 23.1 Å². The normalized spacial score (nSPS) is 23.1. The standard InChI is InChI=1S/C16H23N3O2S2/c1-16(2)15(21)18-11(9-22-16)14(20)19(3)8-13-17-10-6-4-5-7-12(10)23-13/h11H,4-9H2,1-3H3,(H,18,21)/t11-/m0/s1. The zero-order valence-electron chi connectivity index (χ0n) is 13.8. The maximum Gasteiger partial charge on any atom is 0.246 e. The molecule has 126 valence electrons. The van der Waals surface area contributed by atoms with Gasteiger partial charge in [0, 0.05) is 17.7 Å². The molecule has 1 aromatic heterocycles. The fraction of sp³-hybridized carbons (Fsp3) is 0.688. The summed E-state index contributed by atoms with van der Waals surface area (Å²) < 4.78 is -0.455. The molecule has 0 bridgehead atoms. The van der Waals surface area contributed by atoms with Gasteiger partial charge in [-0.15, -0.1) is 23.1 Å². The van der Waals surface area contributed by atoms with E-state index >= 15 is 0 Å². The van der Waals surface area contributed by atoms with Crippen LogP contribution in [0.1, 0.15) is 42.3 Å². The Balaban J connectivity index is 1.62. The van der Waals surface area contributed by atoms with E-state index in [1.807, 2.05) is 13.8 Å². The van der Waals surface area contributed by atoms with Gasteiger partial charge in [0.2, 0.25) is 11.8 Å². The van der Waals surface area contributed by atoms with Crippen molar-refractivity contribution in [2.75, 3.05) is 12.8 Å². The molecule has 5 nitrogen and oxygen atoms in total. The number of carbonyl (C=O) groups is 2. The van der Waals surface area contributed by atoms with Crippen LogP contribution in [0.25, 0.3) is 0 Å². The Morgan fingerprint density at radius 3 is 2.83 bits per heavy atom. The Morgan fingerprint density at radius 2 is 2.13 bits per heavy atom. The molecule has 1 atom stereocenters. The van der Waals surface area contributed by atoms with Crippen molar-refractivity contribution in [2.45, 2.75) is 56.9 Å². The lowest BCUT2D eigenvalue weighted by molar-refractivity contribution is -0.136. The van der Waals surface area contributed by atoms with E-state index in [-0.39, 0.29) is 11.8 Å². The van der Waals surface area contributed by atoms with Crippen molar-refractivity contribution < 1.29 is 9.59 Å². The Morgan fingerprint density at radius 1 is 1.39 bits per heavy atom. The topological polar surface area (TPSA) is 62.3 Å². The number of hydrogen-bond acceptors (Lipinski definition) is 5. The summed E-state index contributed by atoms with van der Waals surface area (Å²) in [6.45, 7) is 4.30. The van der Waals surface area contributed by atoms with Gasteiger partial charge in [0.05, 0.1) is 17.0 Å². The molecular formula is C16H23N3O2S2. The quantitative estimate of drug-likeness (QED) is 0.903. The number of likely N-dealkylation sites (N-methyl/N-ethyl adjacent to an activating group) is 1. The molecule has 1 saturated heterocycles. The Labute approximate surface area is 145 Å². The number of nitrogens with one attached hydrogen (secondary N) is 1. The fourth-order valence-corrected chi connectivity index (χ4v) is 5.09. The molecule has 1 fully saturated rings. The molecule has 2 amide bonds. The van der Waals surface area contributed by atoms with Crippen molar-refractivity contribution in [3.05, 3.63) is 15.6 Å². The van der Waals surface area contributed by atoms with Crippen LogP contribution in [0.3, 0.4) is 0 Å². The number of nitrogens with zero attached hydrogens (tertiary/aromatic N) is 2. The van der Waals surface area contributed by atoms with E-state index in [9.17, 15) is 9.59 Å². The van der Waals surface area contributed by atoms with Gasteiger partial charge in [-0.2, -0.15) is 0 Å². The highest BCUT2D eigenvalue weighted by Gasteiger charge is 2.38. The van der Waals surface area contributed by atoms with E-state index in [1.165, 1.54) is 35.2 Å². The highest BCUT2D eigenvalue weighted by molar-refractivity contribution is 8.01. The number of rotatable bonds is 3. The molecule has 0 aromatic carbocycles. The first-order valence-electron chi connectivity index (χ1n) is 8.04. The number of aryl methyl sites for hydroxylation is 2. The molecule has 3 rings (SSSR count). The number of amides is 2. The van der Waals surface area contributed by atoms with Gasteiger partial charge in [0.25, 0.3) is 0 Å². The summed E-state index contributed by atoms with van der Waals surface area (Å²) in [7, 11) is 1.79. The maximum atomic E-state index is 12.6. The molecule has 1 aliphatic heterocycles. The van der Waals surface area contributed by atoms with E-state index in [1.54, 1.807) is 23.3 Å². The second-order valence-electron chi connectivity index (χ2n) is 6.73. The van der Waals surface area contributed by atoms with Crippen LogP contribution in [0.2, 0.25) is 0 Å². The molecule has 1 N–H and O–H groups in total. The maximum absolute atomic E-state index is 12.6. The summed E-state index contributed by atoms with van der Waals surface area (Å²) in [5.74, 6) is 0.524. The lowest BCUT2D eigenvalue weighted by atomic mass is 10.0. The minimum atomic E-state index is -0.455. The number of hydrogen-bond donors (Lipinski definition) is 1. The average Bonchev–Trinajstić information content (AvgIpc) is 2.91. The van der Waals surface area contributed by atoms with E-state index in [0.29, 0.717) is 12.3 Å². The van der Waals surface area contributed by atoms with Crippen LogP contribution in [0.15, 0.2) is 0 Å². The van der Waals surface area contributed by atoms with E-state index in [4.69, 9.17) is 0 Å². The van der Waals surface area contributed by atoms with Crippen LogP contribution in [-0.4, -0.2) is 45.3 Å². The molecule has 1 aromatic rings. The van der Waals surface area contributed by atoms with Crippen LogP contribution in [-0.2, 0) is 29.0 Å².